The van der Waals surface area contributed by atoms with Gasteiger partial charge in [-0.3, -0.25) is 4.90 Å². The number of carbonyl (C=O) groups excluding carboxylic acids is 1. The number of ether oxygens (including phenoxy) is 1. The van der Waals surface area contributed by atoms with E-state index in [9.17, 15) is 4.79 Å². The number of carbonyl (C=O) groups is 1. The number of imidazole rings is 1. The van der Waals surface area contributed by atoms with Crippen LogP contribution in [0.1, 0.15) is 5.56 Å². The summed E-state index contributed by atoms with van der Waals surface area (Å²) >= 11 is 0. The van der Waals surface area contributed by atoms with Crippen molar-refractivity contribution in [3.63, 3.8) is 0 Å². The Morgan fingerprint density at radius 2 is 2.07 bits per heavy atom. The minimum absolute atomic E-state index is 0.183. The van der Waals surface area contributed by atoms with Crippen LogP contribution in [0.5, 0.6) is 0 Å². The zero-order chi connectivity index (χ0) is 18.4. The largest absolute Gasteiger partial charge is 0.447 e. The SMILES string of the molecule is Nc1nc(N2CCN3C(=O)OCC3(Cc3ccccc3)C2)c2[nH]cnc2n1. The summed E-state index contributed by atoms with van der Waals surface area (Å²) in [6.07, 6.45) is 2.04. The van der Waals surface area contributed by atoms with Crippen LogP contribution in [0.25, 0.3) is 11.2 Å². The van der Waals surface area contributed by atoms with Gasteiger partial charge in [-0.25, -0.2) is 9.78 Å². The number of nitrogens with zero attached hydrogens (tertiary/aromatic N) is 5. The minimum atomic E-state index is -0.442. The van der Waals surface area contributed by atoms with Crippen molar-refractivity contribution in [2.24, 2.45) is 0 Å². The van der Waals surface area contributed by atoms with Gasteiger partial charge in [0, 0.05) is 26.1 Å². The third-order valence-corrected chi connectivity index (χ3v) is 5.30. The lowest BCUT2D eigenvalue weighted by molar-refractivity contribution is 0.140. The number of H-pyrrole nitrogens is 1. The van der Waals surface area contributed by atoms with Crippen molar-refractivity contribution in [1.82, 2.24) is 24.8 Å². The zero-order valence-corrected chi connectivity index (χ0v) is 14.6. The summed E-state index contributed by atoms with van der Waals surface area (Å²) in [5.74, 6) is 0.893. The van der Waals surface area contributed by atoms with E-state index in [-0.39, 0.29) is 12.0 Å². The van der Waals surface area contributed by atoms with Crippen LogP contribution in [-0.2, 0) is 11.2 Å². The lowest BCUT2D eigenvalue weighted by atomic mass is 9.88. The average Bonchev–Trinajstić information content (AvgIpc) is 3.26. The normalized spacial score (nSPS) is 22.1. The first kappa shape index (κ1) is 15.9. The quantitative estimate of drug-likeness (QED) is 0.717. The summed E-state index contributed by atoms with van der Waals surface area (Å²) in [4.78, 5) is 32.2. The third-order valence-electron chi connectivity index (χ3n) is 5.30. The molecule has 2 aliphatic rings. The van der Waals surface area contributed by atoms with Crippen molar-refractivity contribution < 1.29 is 9.53 Å². The van der Waals surface area contributed by atoms with E-state index in [1.165, 1.54) is 0 Å². The summed E-state index contributed by atoms with van der Waals surface area (Å²) in [6, 6.07) is 10.2. The summed E-state index contributed by atoms with van der Waals surface area (Å²) in [7, 11) is 0. The minimum Gasteiger partial charge on any atom is -0.447 e. The highest BCUT2D eigenvalue weighted by Gasteiger charge is 2.51. The molecule has 1 unspecified atom stereocenters. The fraction of sp³-hybridized carbons (Fsp3) is 0.333. The fourth-order valence-electron chi connectivity index (χ4n) is 4.08. The first-order chi connectivity index (χ1) is 13.1. The van der Waals surface area contributed by atoms with E-state index in [4.69, 9.17) is 10.5 Å². The molecule has 2 fully saturated rings. The molecule has 0 bridgehead atoms. The van der Waals surface area contributed by atoms with Crippen LogP contribution in [0.15, 0.2) is 36.7 Å². The zero-order valence-electron chi connectivity index (χ0n) is 14.6. The Kier molecular flexibility index (Phi) is 3.43. The van der Waals surface area contributed by atoms with Crippen molar-refractivity contribution in [3.05, 3.63) is 42.2 Å². The second-order valence-corrected chi connectivity index (χ2v) is 7.02. The number of nitrogens with two attached hydrogens (primary N) is 1. The van der Waals surface area contributed by atoms with Gasteiger partial charge in [-0.2, -0.15) is 9.97 Å². The van der Waals surface area contributed by atoms with Gasteiger partial charge >= 0.3 is 6.09 Å². The molecule has 0 spiro atoms. The van der Waals surface area contributed by atoms with Gasteiger partial charge in [0.2, 0.25) is 5.95 Å². The Morgan fingerprint density at radius 1 is 1.22 bits per heavy atom. The lowest BCUT2D eigenvalue weighted by Crippen LogP contribution is -2.62. The van der Waals surface area contributed by atoms with E-state index >= 15 is 0 Å². The van der Waals surface area contributed by atoms with Crippen molar-refractivity contribution in [3.8, 4) is 0 Å². The summed E-state index contributed by atoms with van der Waals surface area (Å²) in [6.45, 7) is 2.14. The molecule has 2 saturated heterocycles. The topological polar surface area (TPSA) is 113 Å². The van der Waals surface area contributed by atoms with Gasteiger partial charge in [0.1, 0.15) is 17.7 Å². The third kappa shape index (κ3) is 2.54. The van der Waals surface area contributed by atoms with Crippen LogP contribution >= 0.6 is 0 Å². The number of nitrogen functional groups attached to an aromatic ring is 1. The summed E-state index contributed by atoms with van der Waals surface area (Å²) in [5, 5.41) is 0. The second kappa shape index (κ2) is 5.83. The van der Waals surface area contributed by atoms with E-state index < -0.39 is 5.54 Å². The predicted octanol–water partition coefficient (Wildman–Crippen LogP) is 1.19. The van der Waals surface area contributed by atoms with Gasteiger partial charge in [0.25, 0.3) is 0 Å². The molecule has 27 heavy (non-hydrogen) atoms. The molecule has 5 rings (SSSR count). The predicted molar refractivity (Wildman–Crippen MR) is 99.2 cm³/mol. The number of aromatic nitrogens is 4. The van der Waals surface area contributed by atoms with E-state index in [0.717, 1.165) is 11.1 Å². The smallest absolute Gasteiger partial charge is 0.410 e. The molecule has 2 aromatic heterocycles. The number of amides is 1. The van der Waals surface area contributed by atoms with Crippen molar-refractivity contribution in [2.75, 3.05) is 36.9 Å². The molecule has 0 radical (unpaired) electrons. The van der Waals surface area contributed by atoms with Gasteiger partial charge in [-0.1, -0.05) is 30.3 Å². The highest BCUT2D eigenvalue weighted by Crippen LogP contribution is 2.35. The number of anilines is 2. The molecule has 138 valence electrons. The van der Waals surface area contributed by atoms with Crippen molar-refractivity contribution in [1.29, 1.82) is 0 Å². The molecule has 0 saturated carbocycles. The van der Waals surface area contributed by atoms with Gasteiger partial charge in [-0.15, -0.1) is 0 Å². The molecule has 1 amide bonds. The molecule has 3 N–H and O–H groups in total. The molecular weight excluding hydrogens is 346 g/mol. The fourth-order valence-corrected chi connectivity index (χ4v) is 4.08. The number of rotatable bonds is 3. The number of benzene rings is 1. The van der Waals surface area contributed by atoms with Crippen LogP contribution in [0, 0.1) is 0 Å². The molecule has 3 aromatic rings. The first-order valence-electron chi connectivity index (χ1n) is 8.84. The number of fused-ring (bicyclic) bond motifs is 2. The van der Waals surface area contributed by atoms with Crippen LogP contribution in [0.3, 0.4) is 0 Å². The average molecular weight is 365 g/mol. The Labute approximate surface area is 155 Å². The summed E-state index contributed by atoms with van der Waals surface area (Å²) < 4.78 is 5.44. The Morgan fingerprint density at radius 3 is 2.93 bits per heavy atom. The van der Waals surface area contributed by atoms with Gasteiger partial charge in [-0.05, 0) is 5.56 Å². The van der Waals surface area contributed by atoms with Crippen LogP contribution in [0.2, 0.25) is 0 Å². The van der Waals surface area contributed by atoms with Gasteiger partial charge in [0.15, 0.2) is 11.5 Å². The highest BCUT2D eigenvalue weighted by atomic mass is 16.6. The Balaban J connectivity index is 1.53. The van der Waals surface area contributed by atoms with Crippen LogP contribution in [-0.4, -0.2) is 62.7 Å². The van der Waals surface area contributed by atoms with Crippen molar-refractivity contribution >= 4 is 29.0 Å². The molecule has 9 nitrogen and oxygen atoms in total. The Hall–Kier alpha value is -3.36. The number of cyclic esters (lactones) is 1. The monoisotopic (exact) mass is 365 g/mol. The maximum Gasteiger partial charge on any atom is 0.410 e. The van der Waals surface area contributed by atoms with E-state index in [2.05, 4.69) is 37.0 Å². The highest BCUT2D eigenvalue weighted by molar-refractivity contribution is 5.84. The number of aromatic amines is 1. The molecule has 1 aromatic carbocycles. The number of piperazine rings is 1. The van der Waals surface area contributed by atoms with Crippen LogP contribution in [0.4, 0.5) is 16.6 Å². The van der Waals surface area contributed by atoms with E-state index in [1.807, 2.05) is 23.1 Å². The molecule has 2 aliphatic heterocycles. The standard InChI is InChI=1S/C18H19N7O2/c19-16-22-14-13(20-11-21-14)15(23-16)24-6-7-25-17(26)27-10-18(25,9-24)8-12-4-2-1-3-5-12/h1-5,11H,6-10H2,(H3,19,20,21,22,23). The van der Waals surface area contributed by atoms with E-state index in [1.54, 1.807) is 6.33 Å². The molecular formula is C18H19N7O2. The molecule has 1 atom stereocenters. The Bertz CT molecular complexity index is 1010. The van der Waals surface area contributed by atoms with Crippen molar-refractivity contribution in [2.45, 2.75) is 12.0 Å². The lowest BCUT2D eigenvalue weighted by Gasteiger charge is -2.45. The van der Waals surface area contributed by atoms with E-state index in [0.29, 0.717) is 44.1 Å². The molecule has 4 heterocycles. The second-order valence-electron chi connectivity index (χ2n) is 7.02. The van der Waals surface area contributed by atoms with Gasteiger partial charge < -0.3 is 20.4 Å². The number of hydrogen-bond donors (Lipinski definition) is 2. The maximum absolute atomic E-state index is 12.3. The first-order valence-corrected chi connectivity index (χ1v) is 8.84. The number of nitrogens with one attached hydrogen (secondary N) is 1. The molecule has 9 heteroatoms. The summed E-state index contributed by atoms with van der Waals surface area (Å²) in [5.41, 5.74) is 7.89. The molecule has 0 aliphatic carbocycles. The maximum atomic E-state index is 12.3. The van der Waals surface area contributed by atoms with Crippen LogP contribution < -0.4 is 10.6 Å². The number of hydrogen-bond acceptors (Lipinski definition) is 7. The van der Waals surface area contributed by atoms with Gasteiger partial charge in [0.05, 0.1) is 6.33 Å².